The lowest BCUT2D eigenvalue weighted by atomic mass is 10.2. The number of rotatable bonds is 6. The van der Waals surface area contributed by atoms with Gasteiger partial charge in [-0.2, -0.15) is 4.98 Å². The third kappa shape index (κ3) is 3.23. The van der Waals surface area contributed by atoms with Gasteiger partial charge in [-0.25, -0.2) is 9.97 Å². The Morgan fingerprint density at radius 3 is 2.40 bits per heavy atom. The zero-order valence-corrected chi connectivity index (χ0v) is 12.3. The van der Waals surface area contributed by atoms with Crippen LogP contribution in [0.1, 0.15) is 36.4 Å². The van der Waals surface area contributed by atoms with Gasteiger partial charge in [-0.1, -0.05) is 12.1 Å². The first-order chi connectivity index (χ1) is 9.63. The van der Waals surface area contributed by atoms with Crippen molar-refractivity contribution in [2.24, 2.45) is 0 Å². The van der Waals surface area contributed by atoms with Gasteiger partial charge >= 0.3 is 0 Å². The van der Waals surface area contributed by atoms with E-state index in [4.69, 9.17) is 4.52 Å². The quantitative estimate of drug-likeness (QED) is 0.835. The first-order valence-electron chi connectivity index (χ1n) is 6.72. The highest BCUT2D eigenvalue weighted by Crippen LogP contribution is 2.20. The van der Waals surface area contributed by atoms with E-state index in [9.17, 15) is 0 Å². The van der Waals surface area contributed by atoms with Crippen molar-refractivity contribution in [3.8, 4) is 0 Å². The Hall–Kier alpha value is -2.18. The largest absolute Gasteiger partial charge is 0.373 e. The SMILES string of the molecule is CCCc1nc(NC)c(C)c(NCc2noc(C)n2)n1. The number of hydrogen-bond acceptors (Lipinski definition) is 7. The lowest BCUT2D eigenvalue weighted by Crippen LogP contribution is -2.10. The molecule has 0 atom stereocenters. The summed E-state index contributed by atoms with van der Waals surface area (Å²) >= 11 is 0. The second-order valence-electron chi connectivity index (χ2n) is 4.55. The van der Waals surface area contributed by atoms with Crippen LogP contribution in [0.4, 0.5) is 11.6 Å². The summed E-state index contributed by atoms with van der Waals surface area (Å²) in [6.45, 7) is 6.33. The van der Waals surface area contributed by atoms with E-state index in [0.717, 1.165) is 35.9 Å². The van der Waals surface area contributed by atoms with Crippen molar-refractivity contribution >= 4 is 11.6 Å². The molecule has 20 heavy (non-hydrogen) atoms. The summed E-state index contributed by atoms with van der Waals surface area (Å²) in [6.07, 6.45) is 1.86. The van der Waals surface area contributed by atoms with Crippen LogP contribution >= 0.6 is 0 Å². The van der Waals surface area contributed by atoms with Gasteiger partial charge in [0.1, 0.15) is 17.5 Å². The smallest absolute Gasteiger partial charge is 0.223 e. The Morgan fingerprint density at radius 1 is 1.05 bits per heavy atom. The fraction of sp³-hybridized carbons (Fsp3) is 0.538. The molecule has 0 aliphatic heterocycles. The summed E-state index contributed by atoms with van der Waals surface area (Å²) in [6, 6.07) is 0. The normalized spacial score (nSPS) is 10.6. The van der Waals surface area contributed by atoms with E-state index in [-0.39, 0.29) is 0 Å². The Kier molecular flexibility index (Phi) is 4.49. The van der Waals surface area contributed by atoms with Crippen LogP contribution in [0.3, 0.4) is 0 Å². The van der Waals surface area contributed by atoms with Gasteiger partial charge in [-0.3, -0.25) is 0 Å². The highest BCUT2D eigenvalue weighted by molar-refractivity contribution is 5.56. The highest BCUT2D eigenvalue weighted by atomic mass is 16.5. The average Bonchev–Trinajstić information content (AvgIpc) is 2.85. The van der Waals surface area contributed by atoms with Crippen LogP contribution in [0.15, 0.2) is 4.52 Å². The summed E-state index contributed by atoms with van der Waals surface area (Å²) in [7, 11) is 1.86. The molecule has 2 aromatic heterocycles. The standard InChI is InChI=1S/C13H20N6O/c1-5-6-10-17-12(14-4)8(2)13(18-10)15-7-11-16-9(3)20-19-11/h5-7H2,1-4H3,(H2,14,15,17,18). The third-order valence-electron chi connectivity index (χ3n) is 2.89. The van der Waals surface area contributed by atoms with Crippen molar-refractivity contribution in [3.63, 3.8) is 0 Å². The Morgan fingerprint density at radius 2 is 1.80 bits per heavy atom. The summed E-state index contributed by atoms with van der Waals surface area (Å²) in [5.74, 6) is 3.65. The number of aryl methyl sites for hydroxylation is 2. The number of nitrogens with one attached hydrogen (secondary N) is 2. The van der Waals surface area contributed by atoms with Crippen molar-refractivity contribution in [1.29, 1.82) is 0 Å². The summed E-state index contributed by atoms with van der Waals surface area (Å²) < 4.78 is 4.94. The molecule has 0 radical (unpaired) electrons. The lowest BCUT2D eigenvalue weighted by Gasteiger charge is -2.12. The van der Waals surface area contributed by atoms with Gasteiger partial charge in [0.25, 0.3) is 0 Å². The average molecular weight is 276 g/mol. The van der Waals surface area contributed by atoms with Crippen molar-refractivity contribution in [1.82, 2.24) is 20.1 Å². The Balaban J connectivity index is 2.18. The van der Waals surface area contributed by atoms with Crippen LogP contribution in [0.5, 0.6) is 0 Å². The van der Waals surface area contributed by atoms with Gasteiger partial charge in [-0.05, 0) is 13.3 Å². The molecule has 0 spiro atoms. The van der Waals surface area contributed by atoms with Gasteiger partial charge in [0, 0.05) is 26.0 Å². The first-order valence-corrected chi connectivity index (χ1v) is 6.72. The van der Waals surface area contributed by atoms with Gasteiger partial charge in [0.2, 0.25) is 5.89 Å². The highest BCUT2D eigenvalue weighted by Gasteiger charge is 2.10. The van der Waals surface area contributed by atoms with E-state index in [0.29, 0.717) is 18.3 Å². The van der Waals surface area contributed by atoms with Crippen LogP contribution < -0.4 is 10.6 Å². The van der Waals surface area contributed by atoms with Gasteiger partial charge in [-0.15, -0.1) is 0 Å². The molecule has 0 amide bonds. The van der Waals surface area contributed by atoms with Crippen molar-refractivity contribution in [2.75, 3.05) is 17.7 Å². The second-order valence-corrected chi connectivity index (χ2v) is 4.55. The summed E-state index contributed by atoms with van der Waals surface area (Å²) in [4.78, 5) is 13.2. The zero-order chi connectivity index (χ0) is 14.5. The molecule has 2 heterocycles. The van der Waals surface area contributed by atoms with E-state index in [2.05, 4.69) is 37.7 Å². The zero-order valence-electron chi connectivity index (χ0n) is 12.3. The monoisotopic (exact) mass is 276 g/mol. The minimum Gasteiger partial charge on any atom is -0.373 e. The molecule has 108 valence electrons. The van der Waals surface area contributed by atoms with Crippen LogP contribution in [-0.4, -0.2) is 27.2 Å². The van der Waals surface area contributed by atoms with E-state index >= 15 is 0 Å². The molecule has 2 rings (SSSR count). The maximum absolute atomic E-state index is 4.94. The first kappa shape index (κ1) is 14.2. The van der Waals surface area contributed by atoms with Crippen molar-refractivity contribution in [2.45, 2.75) is 40.2 Å². The van der Waals surface area contributed by atoms with Crippen molar-refractivity contribution in [3.05, 3.63) is 23.1 Å². The number of anilines is 2. The fourth-order valence-corrected chi connectivity index (χ4v) is 1.89. The van der Waals surface area contributed by atoms with Crippen LogP contribution in [0, 0.1) is 13.8 Å². The number of nitrogens with zero attached hydrogens (tertiary/aromatic N) is 4. The van der Waals surface area contributed by atoms with E-state index in [1.165, 1.54) is 0 Å². The third-order valence-corrected chi connectivity index (χ3v) is 2.89. The molecule has 0 fully saturated rings. The van der Waals surface area contributed by atoms with Gasteiger partial charge in [0.05, 0.1) is 6.54 Å². The number of hydrogen-bond donors (Lipinski definition) is 2. The fourth-order valence-electron chi connectivity index (χ4n) is 1.89. The molecule has 0 saturated heterocycles. The van der Waals surface area contributed by atoms with E-state index in [1.807, 2.05) is 14.0 Å². The molecule has 2 N–H and O–H groups in total. The second kappa shape index (κ2) is 6.31. The Bertz CT molecular complexity index is 580. The molecule has 0 aromatic carbocycles. The predicted octanol–water partition coefficient (Wildman–Crippen LogP) is 2.08. The summed E-state index contributed by atoms with van der Waals surface area (Å²) in [5, 5.41) is 10.2. The molecule has 7 heteroatoms. The minimum atomic E-state index is 0.476. The van der Waals surface area contributed by atoms with Crippen LogP contribution in [-0.2, 0) is 13.0 Å². The molecular weight excluding hydrogens is 256 g/mol. The van der Waals surface area contributed by atoms with Crippen LogP contribution in [0.2, 0.25) is 0 Å². The molecule has 7 nitrogen and oxygen atoms in total. The Labute approximate surface area is 118 Å². The molecule has 0 unspecified atom stereocenters. The van der Waals surface area contributed by atoms with E-state index < -0.39 is 0 Å². The molecule has 0 saturated carbocycles. The van der Waals surface area contributed by atoms with Crippen molar-refractivity contribution < 1.29 is 4.52 Å². The molecule has 0 aliphatic carbocycles. The minimum absolute atomic E-state index is 0.476. The molecular formula is C13H20N6O. The lowest BCUT2D eigenvalue weighted by molar-refractivity contribution is 0.388. The maximum atomic E-state index is 4.94. The van der Waals surface area contributed by atoms with Crippen LogP contribution in [0.25, 0.3) is 0 Å². The van der Waals surface area contributed by atoms with Gasteiger partial charge < -0.3 is 15.2 Å². The molecule has 2 aromatic rings. The van der Waals surface area contributed by atoms with E-state index in [1.54, 1.807) is 6.92 Å². The van der Waals surface area contributed by atoms with Gasteiger partial charge in [0.15, 0.2) is 5.82 Å². The molecule has 0 aliphatic rings. The topological polar surface area (TPSA) is 88.8 Å². The number of aromatic nitrogens is 4. The maximum Gasteiger partial charge on any atom is 0.223 e. The predicted molar refractivity (Wildman–Crippen MR) is 76.7 cm³/mol. The molecule has 0 bridgehead atoms. The summed E-state index contributed by atoms with van der Waals surface area (Å²) in [5.41, 5.74) is 0.979.